The third-order valence-electron chi connectivity index (χ3n) is 4.43. The molecule has 0 radical (unpaired) electrons. The molecule has 32 heavy (non-hydrogen) atoms. The van der Waals surface area contributed by atoms with Gasteiger partial charge in [-0.2, -0.15) is 5.26 Å². The molecule has 4 rings (SSSR count). The SMILES string of the molecule is N#CC(=Cc1ccccc1)C(=O)Oc1ccc2c(=O)c(Oc3ccccc3Cl)coc2c1. The average Bonchev–Trinajstić information content (AvgIpc) is 2.81. The highest BCUT2D eigenvalue weighted by atomic mass is 35.5. The maximum absolute atomic E-state index is 12.7. The van der Waals surface area contributed by atoms with E-state index in [9.17, 15) is 14.9 Å². The lowest BCUT2D eigenvalue weighted by Crippen LogP contribution is -2.10. The van der Waals surface area contributed by atoms with Gasteiger partial charge >= 0.3 is 5.97 Å². The van der Waals surface area contributed by atoms with Gasteiger partial charge in [-0.1, -0.05) is 54.1 Å². The van der Waals surface area contributed by atoms with Gasteiger partial charge in [-0.25, -0.2) is 4.79 Å². The van der Waals surface area contributed by atoms with Crippen molar-refractivity contribution in [2.24, 2.45) is 0 Å². The van der Waals surface area contributed by atoms with Crippen molar-refractivity contribution in [1.82, 2.24) is 0 Å². The van der Waals surface area contributed by atoms with Gasteiger partial charge in [0.05, 0.1) is 10.4 Å². The summed E-state index contributed by atoms with van der Waals surface area (Å²) < 4.78 is 16.4. The van der Waals surface area contributed by atoms with E-state index in [1.165, 1.54) is 24.3 Å². The number of nitrogens with zero attached hydrogens (tertiary/aromatic N) is 1. The number of fused-ring (bicyclic) bond motifs is 1. The molecular formula is C25H14ClNO5. The number of benzene rings is 3. The lowest BCUT2D eigenvalue weighted by Gasteiger charge is -2.08. The Balaban J connectivity index is 1.58. The molecule has 1 heterocycles. The topological polar surface area (TPSA) is 89.5 Å². The summed E-state index contributed by atoms with van der Waals surface area (Å²) in [7, 11) is 0. The molecule has 0 fully saturated rings. The Bertz CT molecular complexity index is 1430. The van der Waals surface area contributed by atoms with Crippen LogP contribution in [0, 0.1) is 11.3 Å². The van der Waals surface area contributed by atoms with Crippen molar-refractivity contribution < 1.29 is 18.7 Å². The minimum absolute atomic E-state index is 0.0343. The molecule has 0 amide bonds. The Hall–Kier alpha value is -4.34. The van der Waals surface area contributed by atoms with Crippen LogP contribution < -0.4 is 14.9 Å². The minimum Gasteiger partial charge on any atom is -0.460 e. The van der Waals surface area contributed by atoms with E-state index in [4.69, 9.17) is 25.5 Å². The number of carbonyl (C=O) groups is 1. The Kier molecular flexibility index (Phi) is 6.02. The smallest absolute Gasteiger partial charge is 0.354 e. The van der Waals surface area contributed by atoms with Gasteiger partial charge in [0.2, 0.25) is 11.2 Å². The van der Waals surface area contributed by atoms with Crippen molar-refractivity contribution in [3.63, 3.8) is 0 Å². The molecule has 4 aromatic rings. The molecular weight excluding hydrogens is 430 g/mol. The highest BCUT2D eigenvalue weighted by Gasteiger charge is 2.15. The largest absolute Gasteiger partial charge is 0.460 e. The second-order valence-electron chi connectivity index (χ2n) is 6.59. The molecule has 7 heteroatoms. The lowest BCUT2D eigenvalue weighted by molar-refractivity contribution is -0.129. The fraction of sp³-hybridized carbons (Fsp3) is 0. The fourth-order valence-corrected chi connectivity index (χ4v) is 3.06. The number of para-hydroxylation sites is 1. The molecule has 0 saturated carbocycles. The Labute approximate surface area is 187 Å². The fourth-order valence-electron chi connectivity index (χ4n) is 2.89. The zero-order valence-electron chi connectivity index (χ0n) is 16.4. The molecule has 0 spiro atoms. The Morgan fingerprint density at radius 1 is 1.00 bits per heavy atom. The number of ether oxygens (including phenoxy) is 2. The van der Waals surface area contributed by atoms with E-state index in [0.29, 0.717) is 16.3 Å². The maximum atomic E-state index is 12.7. The van der Waals surface area contributed by atoms with Crippen molar-refractivity contribution in [1.29, 1.82) is 5.26 Å². The average molecular weight is 444 g/mol. The molecule has 0 unspecified atom stereocenters. The highest BCUT2D eigenvalue weighted by molar-refractivity contribution is 6.32. The number of rotatable bonds is 5. The van der Waals surface area contributed by atoms with Crippen LogP contribution in [0.15, 0.2) is 93.8 Å². The molecule has 0 bridgehead atoms. The second kappa shape index (κ2) is 9.21. The van der Waals surface area contributed by atoms with E-state index < -0.39 is 11.4 Å². The molecule has 3 aromatic carbocycles. The van der Waals surface area contributed by atoms with Crippen molar-refractivity contribution in [2.75, 3.05) is 0 Å². The summed E-state index contributed by atoms with van der Waals surface area (Å²) >= 11 is 6.07. The molecule has 0 N–H and O–H groups in total. The highest BCUT2D eigenvalue weighted by Crippen LogP contribution is 2.29. The van der Waals surface area contributed by atoms with Gasteiger partial charge in [0.25, 0.3) is 0 Å². The molecule has 0 aliphatic heterocycles. The quantitative estimate of drug-likeness (QED) is 0.169. The van der Waals surface area contributed by atoms with Crippen LogP contribution in [-0.2, 0) is 4.79 Å². The first-order valence-electron chi connectivity index (χ1n) is 9.42. The summed E-state index contributed by atoms with van der Waals surface area (Å²) in [4.78, 5) is 25.1. The van der Waals surface area contributed by atoms with Crippen molar-refractivity contribution in [3.8, 4) is 23.3 Å². The van der Waals surface area contributed by atoms with Crippen LogP contribution in [0.1, 0.15) is 5.56 Å². The van der Waals surface area contributed by atoms with E-state index in [-0.39, 0.29) is 28.0 Å². The maximum Gasteiger partial charge on any atom is 0.354 e. The molecule has 0 aliphatic rings. The first kappa shape index (κ1) is 20.9. The molecule has 0 saturated heterocycles. The third-order valence-corrected chi connectivity index (χ3v) is 4.74. The standard InChI is InChI=1S/C25H14ClNO5/c26-20-8-4-5-9-21(20)32-23-15-30-22-13-18(10-11-19(22)24(23)28)31-25(29)17(14-27)12-16-6-2-1-3-7-16/h1-13,15H. The molecule has 0 aliphatic carbocycles. The van der Waals surface area contributed by atoms with E-state index >= 15 is 0 Å². The van der Waals surface area contributed by atoms with E-state index in [2.05, 4.69) is 0 Å². The van der Waals surface area contributed by atoms with Crippen molar-refractivity contribution in [2.45, 2.75) is 0 Å². The zero-order chi connectivity index (χ0) is 22.5. The van der Waals surface area contributed by atoms with Gasteiger partial charge in [0.15, 0.2) is 0 Å². The van der Waals surface area contributed by atoms with Gasteiger partial charge in [-0.15, -0.1) is 0 Å². The van der Waals surface area contributed by atoms with Crippen LogP contribution in [0.2, 0.25) is 5.02 Å². The summed E-state index contributed by atoms with van der Waals surface area (Å²) in [6.07, 6.45) is 2.59. The third kappa shape index (κ3) is 4.53. The second-order valence-corrected chi connectivity index (χ2v) is 7.00. The van der Waals surface area contributed by atoms with Crippen LogP contribution >= 0.6 is 11.6 Å². The van der Waals surface area contributed by atoms with Crippen molar-refractivity contribution in [3.05, 3.63) is 105 Å². The van der Waals surface area contributed by atoms with Gasteiger partial charge < -0.3 is 13.9 Å². The normalized spacial score (nSPS) is 11.1. The van der Waals surface area contributed by atoms with E-state index in [1.807, 2.05) is 12.1 Å². The van der Waals surface area contributed by atoms with Crippen LogP contribution in [0.4, 0.5) is 0 Å². The van der Waals surface area contributed by atoms with E-state index in [0.717, 1.165) is 6.26 Å². The number of nitriles is 1. The number of hydrogen-bond donors (Lipinski definition) is 0. The first-order valence-corrected chi connectivity index (χ1v) is 9.80. The summed E-state index contributed by atoms with van der Waals surface area (Å²) in [5.74, 6) is -0.412. The number of esters is 1. The summed E-state index contributed by atoms with van der Waals surface area (Å²) in [5, 5.41) is 9.90. The van der Waals surface area contributed by atoms with E-state index in [1.54, 1.807) is 48.5 Å². The number of hydrogen-bond acceptors (Lipinski definition) is 6. The number of carbonyl (C=O) groups excluding carboxylic acids is 1. The number of halogens is 1. The summed E-state index contributed by atoms with van der Waals surface area (Å²) in [6, 6.07) is 21.8. The molecule has 1 aromatic heterocycles. The van der Waals surface area contributed by atoms with Gasteiger partial charge in [0, 0.05) is 6.07 Å². The predicted octanol–water partition coefficient (Wildman–Crippen LogP) is 5.75. The van der Waals surface area contributed by atoms with Crippen LogP contribution in [0.25, 0.3) is 17.0 Å². The summed E-state index contributed by atoms with van der Waals surface area (Å²) in [5.41, 5.74) is 0.306. The van der Waals surface area contributed by atoms with Gasteiger partial charge in [0.1, 0.15) is 35.0 Å². The monoisotopic (exact) mass is 443 g/mol. The van der Waals surface area contributed by atoms with Crippen LogP contribution in [0.3, 0.4) is 0 Å². The minimum atomic E-state index is -0.822. The Morgan fingerprint density at radius 3 is 2.50 bits per heavy atom. The van der Waals surface area contributed by atoms with Crippen LogP contribution in [-0.4, -0.2) is 5.97 Å². The van der Waals surface area contributed by atoms with Crippen LogP contribution in [0.5, 0.6) is 17.2 Å². The zero-order valence-corrected chi connectivity index (χ0v) is 17.2. The first-order chi connectivity index (χ1) is 15.5. The predicted molar refractivity (Wildman–Crippen MR) is 120 cm³/mol. The van der Waals surface area contributed by atoms with Gasteiger partial charge in [-0.05, 0) is 35.9 Å². The molecule has 156 valence electrons. The Morgan fingerprint density at radius 2 is 1.75 bits per heavy atom. The van der Waals surface area contributed by atoms with Crippen molar-refractivity contribution >= 4 is 34.6 Å². The molecule has 6 nitrogen and oxygen atoms in total. The van der Waals surface area contributed by atoms with Gasteiger partial charge in [-0.3, -0.25) is 4.79 Å². The lowest BCUT2D eigenvalue weighted by atomic mass is 10.1. The molecule has 0 atom stereocenters. The summed E-state index contributed by atoms with van der Waals surface area (Å²) in [6.45, 7) is 0.